The molecular weight excluding hydrogens is 244 g/mol. The lowest BCUT2D eigenvalue weighted by atomic mass is 10.3. The van der Waals surface area contributed by atoms with Crippen LogP contribution in [-0.4, -0.2) is 20.4 Å². The fraction of sp³-hybridized carbons (Fsp3) is 0.154. The van der Waals surface area contributed by atoms with Gasteiger partial charge in [-0.2, -0.15) is 0 Å². The monoisotopic (exact) mass is 256 g/mol. The first-order valence-corrected chi connectivity index (χ1v) is 5.86. The SMILES string of the molecule is Cc1cc(C(=O)NCc2cn3ccccc3n2)no1. The highest BCUT2D eigenvalue weighted by atomic mass is 16.5. The summed E-state index contributed by atoms with van der Waals surface area (Å²) in [4.78, 5) is 16.2. The molecule has 0 aliphatic rings. The maximum absolute atomic E-state index is 11.8. The molecule has 0 aromatic carbocycles. The summed E-state index contributed by atoms with van der Waals surface area (Å²) in [5, 5.41) is 6.41. The summed E-state index contributed by atoms with van der Waals surface area (Å²) in [6, 6.07) is 7.35. The summed E-state index contributed by atoms with van der Waals surface area (Å²) >= 11 is 0. The van der Waals surface area contributed by atoms with Crippen LogP contribution in [-0.2, 0) is 6.54 Å². The van der Waals surface area contributed by atoms with Crippen LogP contribution in [0, 0.1) is 6.92 Å². The van der Waals surface area contributed by atoms with Gasteiger partial charge in [-0.25, -0.2) is 4.98 Å². The topological polar surface area (TPSA) is 72.4 Å². The summed E-state index contributed by atoms with van der Waals surface area (Å²) < 4.78 is 6.76. The third kappa shape index (κ3) is 2.33. The van der Waals surface area contributed by atoms with Gasteiger partial charge >= 0.3 is 0 Å². The van der Waals surface area contributed by atoms with Gasteiger partial charge in [0.05, 0.1) is 12.2 Å². The number of nitrogens with zero attached hydrogens (tertiary/aromatic N) is 3. The highest BCUT2D eigenvalue weighted by Gasteiger charge is 2.11. The lowest BCUT2D eigenvalue weighted by molar-refractivity contribution is 0.0941. The number of amides is 1. The number of aromatic nitrogens is 3. The summed E-state index contributed by atoms with van der Waals surface area (Å²) in [6.07, 6.45) is 3.79. The van der Waals surface area contributed by atoms with Crippen LogP contribution >= 0.6 is 0 Å². The lowest BCUT2D eigenvalue weighted by Crippen LogP contribution is -2.23. The molecule has 6 nitrogen and oxygen atoms in total. The highest BCUT2D eigenvalue weighted by Crippen LogP contribution is 2.05. The Morgan fingerprint density at radius 1 is 1.47 bits per heavy atom. The van der Waals surface area contributed by atoms with E-state index in [1.807, 2.05) is 35.0 Å². The predicted octanol–water partition coefficient (Wildman–Crippen LogP) is 1.56. The van der Waals surface area contributed by atoms with Gasteiger partial charge in [-0.3, -0.25) is 4.79 Å². The molecule has 3 aromatic rings. The van der Waals surface area contributed by atoms with Crippen molar-refractivity contribution >= 4 is 11.6 Å². The first-order chi connectivity index (χ1) is 9.22. The molecule has 0 aliphatic carbocycles. The number of rotatable bonds is 3. The summed E-state index contributed by atoms with van der Waals surface area (Å²) in [7, 11) is 0. The van der Waals surface area contributed by atoms with Crippen molar-refractivity contribution in [3.8, 4) is 0 Å². The molecule has 0 radical (unpaired) electrons. The van der Waals surface area contributed by atoms with Crippen LogP contribution in [0.3, 0.4) is 0 Å². The van der Waals surface area contributed by atoms with Crippen molar-refractivity contribution in [2.24, 2.45) is 0 Å². The molecule has 0 unspecified atom stereocenters. The third-order valence-electron chi connectivity index (χ3n) is 2.70. The van der Waals surface area contributed by atoms with Crippen molar-refractivity contribution < 1.29 is 9.32 Å². The zero-order valence-corrected chi connectivity index (χ0v) is 10.3. The van der Waals surface area contributed by atoms with Crippen LogP contribution in [0.2, 0.25) is 0 Å². The van der Waals surface area contributed by atoms with Gasteiger partial charge in [0, 0.05) is 18.5 Å². The van der Waals surface area contributed by atoms with E-state index in [0.29, 0.717) is 12.3 Å². The first kappa shape index (κ1) is 11.5. The smallest absolute Gasteiger partial charge is 0.273 e. The van der Waals surface area contributed by atoms with Gasteiger partial charge in [0.15, 0.2) is 5.69 Å². The number of hydrogen-bond acceptors (Lipinski definition) is 4. The second-order valence-electron chi connectivity index (χ2n) is 4.20. The van der Waals surface area contributed by atoms with Crippen LogP contribution in [0.25, 0.3) is 5.65 Å². The Kier molecular flexibility index (Phi) is 2.75. The lowest BCUT2D eigenvalue weighted by Gasteiger charge is -1.98. The van der Waals surface area contributed by atoms with Crippen LogP contribution in [0.5, 0.6) is 0 Å². The number of carbonyl (C=O) groups excluding carboxylic acids is 1. The Bertz CT molecular complexity index is 696. The molecule has 0 spiro atoms. The largest absolute Gasteiger partial charge is 0.361 e. The number of hydrogen-bond donors (Lipinski definition) is 1. The molecule has 0 bridgehead atoms. The molecule has 3 heterocycles. The predicted molar refractivity (Wildman–Crippen MR) is 67.6 cm³/mol. The van der Waals surface area contributed by atoms with Gasteiger partial charge < -0.3 is 14.2 Å². The van der Waals surface area contributed by atoms with Crippen LogP contribution in [0.4, 0.5) is 0 Å². The van der Waals surface area contributed by atoms with Crippen molar-refractivity contribution in [3.63, 3.8) is 0 Å². The van der Waals surface area contributed by atoms with E-state index in [-0.39, 0.29) is 11.6 Å². The zero-order chi connectivity index (χ0) is 13.2. The van der Waals surface area contributed by atoms with Crippen molar-refractivity contribution in [2.45, 2.75) is 13.5 Å². The fourth-order valence-electron chi connectivity index (χ4n) is 1.81. The Balaban J connectivity index is 1.70. The molecule has 0 saturated carbocycles. The Morgan fingerprint density at radius 3 is 3.11 bits per heavy atom. The molecule has 6 heteroatoms. The quantitative estimate of drug-likeness (QED) is 0.771. The fourth-order valence-corrected chi connectivity index (χ4v) is 1.81. The van der Waals surface area contributed by atoms with E-state index >= 15 is 0 Å². The van der Waals surface area contributed by atoms with E-state index in [0.717, 1.165) is 11.3 Å². The molecule has 0 fully saturated rings. The number of imidazole rings is 1. The summed E-state index contributed by atoms with van der Waals surface area (Å²) in [6.45, 7) is 2.10. The number of aryl methyl sites for hydroxylation is 1. The van der Waals surface area contributed by atoms with E-state index in [9.17, 15) is 4.79 Å². The van der Waals surface area contributed by atoms with E-state index in [4.69, 9.17) is 4.52 Å². The van der Waals surface area contributed by atoms with E-state index in [2.05, 4.69) is 15.5 Å². The van der Waals surface area contributed by atoms with Gasteiger partial charge in [0.1, 0.15) is 11.4 Å². The molecule has 0 saturated heterocycles. The minimum absolute atomic E-state index is 0.270. The third-order valence-corrected chi connectivity index (χ3v) is 2.70. The van der Waals surface area contributed by atoms with Crippen LogP contribution < -0.4 is 5.32 Å². The molecule has 96 valence electrons. The van der Waals surface area contributed by atoms with Crippen LogP contribution in [0.1, 0.15) is 21.9 Å². The van der Waals surface area contributed by atoms with E-state index < -0.39 is 0 Å². The maximum atomic E-state index is 11.8. The highest BCUT2D eigenvalue weighted by molar-refractivity contribution is 5.92. The van der Waals surface area contributed by atoms with Gasteiger partial charge in [-0.15, -0.1) is 0 Å². The average Bonchev–Trinajstić information content (AvgIpc) is 3.01. The van der Waals surface area contributed by atoms with E-state index in [1.165, 1.54) is 0 Å². The van der Waals surface area contributed by atoms with Crippen molar-refractivity contribution in [2.75, 3.05) is 0 Å². The van der Waals surface area contributed by atoms with Gasteiger partial charge in [0.25, 0.3) is 5.91 Å². The van der Waals surface area contributed by atoms with Gasteiger partial charge in [0.2, 0.25) is 0 Å². The molecule has 0 atom stereocenters. The van der Waals surface area contributed by atoms with Crippen molar-refractivity contribution in [1.82, 2.24) is 19.9 Å². The molecule has 1 N–H and O–H groups in total. The Labute approximate surface area is 109 Å². The van der Waals surface area contributed by atoms with Gasteiger partial charge in [-0.1, -0.05) is 11.2 Å². The minimum atomic E-state index is -0.270. The first-order valence-electron chi connectivity index (χ1n) is 5.86. The summed E-state index contributed by atoms with van der Waals surface area (Å²) in [5.74, 6) is 0.340. The second kappa shape index (κ2) is 4.56. The Hall–Kier alpha value is -2.63. The number of pyridine rings is 1. The van der Waals surface area contributed by atoms with Crippen molar-refractivity contribution in [3.05, 3.63) is 53.8 Å². The maximum Gasteiger partial charge on any atom is 0.273 e. The minimum Gasteiger partial charge on any atom is -0.361 e. The molecule has 19 heavy (non-hydrogen) atoms. The standard InChI is InChI=1S/C13H12N4O2/c1-9-6-11(16-19-9)13(18)14-7-10-8-17-5-3-2-4-12(17)15-10/h2-6,8H,7H2,1H3,(H,14,18). The molecule has 3 rings (SSSR count). The summed E-state index contributed by atoms with van der Waals surface area (Å²) in [5.41, 5.74) is 1.92. The van der Waals surface area contributed by atoms with Crippen molar-refractivity contribution in [1.29, 1.82) is 0 Å². The van der Waals surface area contributed by atoms with Crippen LogP contribution in [0.15, 0.2) is 41.2 Å². The number of nitrogens with one attached hydrogen (secondary N) is 1. The average molecular weight is 256 g/mol. The second-order valence-corrected chi connectivity index (χ2v) is 4.20. The Morgan fingerprint density at radius 2 is 2.37 bits per heavy atom. The van der Waals surface area contributed by atoms with E-state index in [1.54, 1.807) is 13.0 Å². The molecule has 3 aromatic heterocycles. The number of carbonyl (C=O) groups is 1. The normalized spacial score (nSPS) is 10.8. The molecule has 0 aliphatic heterocycles. The zero-order valence-electron chi connectivity index (χ0n) is 10.3. The molecular formula is C13H12N4O2. The number of fused-ring (bicyclic) bond motifs is 1. The molecule has 1 amide bonds. The van der Waals surface area contributed by atoms with Gasteiger partial charge in [-0.05, 0) is 19.1 Å².